The molecule has 1 aliphatic heterocycles. The highest BCUT2D eigenvalue weighted by Gasteiger charge is 2.25. The number of fused-ring (bicyclic) bond motifs is 1. The van der Waals surface area contributed by atoms with Crippen molar-refractivity contribution in [3.63, 3.8) is 0 Å². The molecule has 5 nitrogen and oxygen atoms in total. The Morgan fingerprint density at radius 3 is 3.04 bits per heavy atom. The molecule has 2 heterocycles. The summed E-state index contributed by atoms with van der Waals surface area (Å²) in [6.45, 7) is 1.99. The fraction of sp³-hybridized carbons (Fsp3) is 0.471. The van der Waals surface area contributed by atoms with E-state index in [4.69, 9.17) is 5.11 Å². The van der Waals surface area contributed by atoms with Crippen LogP contribution in [-0.2, 0) is 13.5 Å². The maximum atomic E-state index is 13.3. The number of nitrogens with one attached hydrogen (secondary N) is 1. The van der Waals surface area contributed by atoms with Gasteiger partial charge in [0.1, 0.15) is 5.82 Å². The van der Waals surface area contributed by atoms with Gasteiger partial charge in [-0.2, -0.15) is 0 Å². The van der Waals surface area contributed by atoms with Gasteiger partial charge in [0.15, 0.2) is 0 Å². The third-order valence-corrected chi connectivity index (χ3v) is 4.54. The van der Waals surface area contributed by atoms with Crippen LogP contribution < -0.4 is 5.32 Å². The molecule has 124 valence electrons. The molecule has 0 saturated carbocycles. The van der Waals surface area contributed by atoms with Crippen LogP contribution >= 0.6 is 0 Å². The van der Waals surface area contributed by atoms with Crippen LogP contribution in [0.15, 0.2) is 24.4 Å². The molecule has 0 bridgehead atoms. The number of urea groups is 1. The third kappa shape index (κ3) is 3.32. The van der Waals surface area contributed by atoms with Crippen molar-refractivity contribution in [2.45, 2.75) is 12.8 Å². The van der Waals surface area contributed by atoms with E-state index >= 15 is 0 Å². The van der Waals surface area contributed by atoms with Crippen molar-refractivity contribution in [3.8, 4) is 0 Å². The number of halogens is 1. The molecule has 0 aliphatic carbocycles. The maximum absolute atomic E-state index is 13.3. The summed E-state index contributed by atoms with van der Waals surface area (Å²) in [5, 5.41) is 13.1. The van der Waals surface area contributed by atoms with Crippen molar-refractivity contribution >= 4 is 16.9 Å². The quantitative estimate of drug-likeness (QED) is 0.904. The SMILES string of the molecule is Cn1cc(CCNC(=O)N2CCC(CO)C2)c2ccc(F)cc21. The highest BCUT2D eigenvalue weighted by Crippen LogP contribution is 2.22. The molecule has 0 radical (unpaired) electrons. The molecule has 3 rings (SSSR count). The van der Waals surface area contributed by atoms with E-state index in [2.05, 4.69) is 5.32 Å². The van der Waals surface area contributed by atoms with Crippen LogP contribution in [0.2, 0.25) is 0 Å². The number of benzene rings is 1. The van der Waals surface area contributed by atoms with Crippen LogP contribution in [0.1, 0.15) is 12.0 Å². The maximum Gasteiger partial charge on any atom is 0.317 e. The predicted molar refractivity (Wildman–Crippen MR) is 86.7 cm³/mol. The lowest BCUT2D eigenvalue weighted by molar-refractivity contribution is 0.198. The van der Waals surface area contributed by atoms with Crippen LogP contribution in [0.3, 0.4) is 0 Å². The first kappa shape index (κ1) is 15.8. The van der Waals surface area contributed by atoms with Crippen molar-refractivity contribution in [1.82, 2.24) is 14.8 Å². The predicted octanol–water partition coefficient (Wildman–Crippen LogP) is 1.88. The highest BCUT2D eigenvalue weighted by atomic mass is 19.1. The number of carbonyl (C=O) groups excluding carboxylic acids is 1. The summed E-state index contributed by atoms with van der Waals surface area (Å²) in [5.41, 5.74) is 1.95. The Labute approximate surface area is 134 Å². The molecule has 0 spiro atoms. The lowest BCUT2D eigenvalue weighted by Crippen LogP contribution is -2.39. The first-order valence-corrected chi connectivity index (χ1v) is 7.95. The number of hydrogen-bond acceptors (Lipinski definition) is 2. The minimum Gasteiger partial charge on any atom is -0.396 e. The molecule has 1 saturated heterocycles. The minimum absolute atomic E-state index is 0.0766. The number of aliphatic hydroxyl groups is 1. The Bertz CT molecular complexity index is 713. The van der Waals surface area contributed by atoms with Crippen molar-refractivity contribution in [2.24, 2.45) is 13.0 Å². The van der Waals surface area contributed by atoms with Gasteiger partial charge in [0.2, 0.25) is 0 Å². The monoisotopic (exact) mass is 319 g/mol. The fourth-order valence-corrected chi connectivity index (χ4v) is 3.22. The average molecular weight is 319 g/mol. The van der Waals surface area contributed by atoms with Gasteiger partial charge in [0, 0.05) is 50.8 Å². The van der Waals surface area contributed by atoms with Gasteiger partial charge < -0.3 is 19.9 Å². The Morgan fingerprint density at radius 1 is 1.48 bits per heavy atom. The summed E-state index contributed by atoms with van der Waals surface area (Å²) in [7, 11) is 1.89. The van der Waals surface area contributed by atoms with Gasteiger partial charge in [0.25, 0.3) is 0 Å². The molecule has 1 aliphatic rings. The second-order valence-corrected chi connectivity index (χ2v) is 6.19. The van der Waals surface area contributed by atoms with E-state index in [1.807, 2.05) is 17.8 Å². The molecule has 1 aromatic heterocycles. The second kappa shape index (κ2) is 6.58. The molecule has 1 unspecified atom stereocenters. The van der Waals surface area contributed by atoms with Gasteiger partial charge in [-0.05, 0) is 36.6 Å². The van der Waals surface area contributed by atoms with Crippen molar-refractivity contribution < 1.29 is 14.3 Å². The summed E-state index contributed by atoms with van der Waals surface area (Å²) < 4.78 is 15.2. The summed E-state index contributed by atoms with van der Waals surface area (Å²) in [6, 6.07) is 4.70. The van der Waals surface area contributed by atoms with Crippen LogP contribution in [0, 0.1) is 11.7 Å². The normalized spacial score (nSPS) is 17.9. The topological polar surface area (TPSA) is 57.5 Å². The number of nitrogens with zero attached hydrogens (tertiary/aromatic N) is 2. The van der Waals surface area contributed by atoms with Crippen LogP contribution in [0.4, 0.5) is 9.18 Å². The molecule has 2 aromatic rings. The summed E-state index contributed by atoms with van der Waals surface area (Å²) in [5.74, 6) is -0.0419. The molecular formula is C17H22FN3O2. The molecule has 2 amide bonds. The van der Waals surface area contributed by atoms with Gasteiger partial charge in [-0.15, -0.1) is 0 Å². The van der Waals surface area contributed by atoms with E-state index in [1.54, 1.807) is 11.0 Å². The number of amides is 2. The highest BCUT2D eigenvalue weighted by molar-refractivity contribution is 5.84. The van der Waals surface area contributed by atoms with Crippen LogP contribution in [0.5, 0.6) is 0 Å². The Balaban J connectivity index is 1.58. The van der Waals surface area contributed by atoms with E-state index in [0.717, 1.165) is 22.9 Å². The van der Waals surface area contributed by atoms with Gasteiger partial charge in [0.05, 0.1) is 5.52 Å². The first-order chi connectivity index (χ1) is 11.1. The molecule has 23 heavy (non-hydrogen) atoms. The zero-order chi connectivity index (χ0) is 16.4. The minimum atomic E-state index is -0.244. The number of aliphatic hydroxyl groups excluding tert-OH is 1. The van der Waals surface area contributed by atoms with E-state index in [1.165, 1.54) is 12.1 Å². The zero-order valence-electron chi connectivity index (χ0n) is 13.3. The van der Waals surface area contributed by atoms with Crippen LogP contribution in [0.25, 0.3) is 10.9 Å². The van der Waals surface area contributed by atoms with Gasteiger partial charge in [-0.1, -0.05) is 0 Å². The Kier molecular flexibility index (Phi) is 4.52. The number of aromatic nitrogens is 1. The largest absolute Gasteiger partial charge is 0.396 e. The van der Waals surface area contributed by atoms with Crippen molar-refractivity contribution in [2.75, 3.05) is 26.2 Å². The smallest absolute Gasteiger partial charge is 0.317 e. The van der Waals surface area contributed by atoms with E-state index < -0.39 is 0 Å². The van der Waals surface area contributed by atoms with E-state index in [9.17, 15) is 9.18 Å². The molecule has 6 heteroatoms. The first-order valence-electron chi connectivity index (χ1n) is 7.95. The molecule has 1 atom stereocenters. The number of carbonyl (C=O) groups is 1. The number of likely N-dealkylation sites (tertiary alicyclic amines) is 1. The van der Waals surface area contributed by atoms with Crippen LogP contribution in [-0.4, -0.2) is 46.8 Å². The van der Waals surface area contributed by atoms with Crippen molar-refractivity contribution in [3.05, 3.63) is 35.8 Å². The molecule has 2 N–H and O–H groups in total. The third-order valence-electron chi connectivity index (χ3n) is 4.54. The van der Waals surface area contributed by atoms with Gasteiger partial charge in [-0.25, -0.2) is 9.18 Å². The number of rotatable bonds is 4. The summed E-state index contributed by atoms with van der Waals surface area (Å²) >= 11 is 0. The lowest BCUT2D eigenvalue weighted by Gasteiger charge is -2.16. The van der Waals surface area contributed by atoms with Gasteiger partial charge in [-0.3, -0.25) is 0 Å². The van der Waals surface area contributed by atoms with E-state index in [-0.39, 0.29) is 24.4 Å². The summed E-state index contributed by atoms with van der Waals surface area (Å²) in [4.78, 5) is 13.8. The number of aryl methyl sites for hydroxylation is 1. The number of hydrogen-bond donors (Lipinski definition) is 2. The molecule has 1 aromatic carbocycles. The van der Waals surface area contributed by atoms with Gasteiger partial charge >= 0.3 is 6.03 Å². The van der Waals surface area contributed by atoms with E-state index in [0.29, 0.717) is 26.1 Å². The van der Waals surface area contributed by atoms with Crippen molar-refractivity contribution in [1.29, 1.82) is 0 Å². The summed E-state index contributed by atoms with van der Waals surface area (Å²) in [6.07, 6.45) is 3.54. The lowest BCUT2D eigenvalue weighted by atomic mass is 10.1. The average Bonchev–Trinajstić information content (AvgIpc) is 3.13. The Hall–Kier alpha value is -2.08. The molecule has 1 fully saturated rings. The fourth-order valence-electron chi connectivity index (χ4n) is 3.22. The Morgan fingerprint density at radius 2 is 2.30 bits per heavy atom. The second-order valence-electron chi connectivity index (χ2n) is 6.19. The zero-order valence-corrected chi connectivity index (χ0v) is 13.3. The standard InChI is InChI=1S/C17H22FN3O2/c1-20-10-13(15-3-2-14(18)8-16(15)20)4-6-19-17(23)21-7-5-12(9-21)11-22/h2-3,8,10,12,22H,4-7,9,11H2,1H3,(H,19,23). The molecular weight excluding hydrogens is 297 g/mol.